The van der Waals surface area contributed by atoms with Gasteiger partial charge in [-0.3, -0.25) is 4.79 Å². The summed E-state index contributed by atoms with van der Waals surface area (Å²) in [5, 5.41) is 11.2. The van der Waals surface area contributed by atoms with E-state index >= 15 is 0 Å². The summed E-state index contributed by atoms with van der Waals surface area (Å²) in [6.07, 6.45) is 2.92. The zero-order valence-corrected chi connectivity index (χ0v) is 9.90. The third kappa shape index (κ3) is 9.21. The Labute approximate surface area is 95.5 Å². The Morgan fingerprint density at radius 1 is 1.44 bits per heavy atom. The average Bonchev–Trinajstić information content (AvgIpc) is 1.98. The molecule has 1 saturated heterocycles. The smallest absolute Gasteiger partial charge is 0.327 e. The maximum absolute atomic E-state index is 9.94. The van der Waals surface area contributed by atoms with Gasteiger partial charge >= 0.3 is 5.97 Å². The number of carboxylic acids is 1. The van der Waals surface area contributed by atoms with Crippen molar-refractivity contribution in [3.8, 4) is 0 Å². The molecule has 1 fully saturated rings. The highest BCUT2D eigenvalue weighted by atomic mass is 16.5. The van der Waals surface area contributed by atoms with Crippen LogP contribution >= 0.6 is 0 Å². The van der Waals surface area contributed by atoms with Crippen molar-refractivity contribution in [3.63, 3.8) is 0 Å². The third-order valence-corrected chi connectivity index (χ3v) is 1.73. The lowest BCUT2D eigenvalue weighted by molar-refractivity contribution is -0.138. The van der Waals surface area contributed by atoms with Gasteiger partial charge in [-0.05, 0) is 20.8 Å². The highest BCUT2D eigenvalue weighted by molar-refractivity contribution is 5.79. The molecule has 5 nitrogen and oxygen atoms in total. The summed E-state index contributed by atoms with van der Waals surface area (Å²) < 4.78 is 4.55. The van der Waals surface area contributed by atoms with Gasteiger partial charge in [0.1, 0.15) is 5.60 Å². The first-order valence-electron chi connectivity index (χ1n) is 5.08. The predicted octanol–water partition coefficient (Wildman–Crippen LogP) is 0.804. The van der Waals surface area contributed by atoms with Crippen LogP contribution in [0.3, 0.4) is 0 Å². The second-order valence-electron chi connectivity index (χ2n) is 4.44. The van der Waals surface area contributed by atoms with E-state index in [4.69, 9.17) is 5.11 Å². The van der Waals surface area contributed by atoms with E-state index in [1.807, 2.05) is 20.8 Å². The average molecular weight is 229 g/mol. The number of hydrogen-bond donors (Lipinski definition) is 2. The van der Waals surface area contributed by atoms with Crippen LogP contribution in [0.25, 0.3) is 0 Å². The van der Waals surface area contributed by atoms with Crippen LogP contribution in [0.2, 0.25) is 0 Å². The molecule has 0 unspecified atom stereocenters. The van der Waals surface area contributed by atoms with E-state index in [1.54, 1.807) is 6.08 Å². The van der Waals surface area contributed by atoms with E-state index in [9.17, 15) is 9.59 Å². The van der Waals surface area contributed by atoms with Gasteiger partial charge in [-0.2, -0.15) is 0 Å². The Bertz CT molecular complexity index is 251. The zero-order valence-electron chi connectivity index (χ0n) is 9.90. The van der Waals surface area contributed by atoms with Crippen LogP contribution in [0.15, 0.2) is 12.2 Å². The maximum Gasteiger partial charge on any atom is 0.327 e. The van der Waals surface area contributed by atoms with Gasteiger partial charge in [0.25, 0.3) is 6.47 Å². The predicted molar refractivity (Wildman–Crippen MR) is 60.0 cm³/mol. The van der Waals surface area contributed by atoms with Crippen molar-refractivity contribution in [2.75, 3.05) is 13.1 Å². The van der Waals surface area contributed by atoms with Crippen molar-refractivity contribution in [3.05, 3.63) is 12.2 Å². The zero-order chi connectivity index (χ0) is 12.6. The van der Waals surface area contributed by atoms with Gasteiger partial charge in [0.05, 0.1) is 0 Å². The molecule has 92 valence electrons. The third-order valence-electron chi connectivity index (χ3n) is 1.73. The lowest BCUT2D eigenvalue weighted by Gasteiger charge is -2.23. The van der Waals surface area contributed by atoms with Crippen LogP contribution in [0, 0.1) is 5.92 Å². The van der Waals surface area contributed by atoms with Crippen LogP contribution in [0.4, 0.5) is 0 Å². The molecule has 0 aromatic carbocycles. The minimum atomic E-state index is -0.859. The van der Waals surface area contributed by atoms with Crippen molar-refractivity contribution in [2.45, 2.75) is 26.4 Å². The molecule has 0 amide bonds. The van der Waals surface area contributed by atoms with Crippen LogP contribution in [0.1, 0.15) is 20.8 Å². The Hall–Kier alpha value is -1.36. The normalized spacial score (nSPS) is 15.9. The van der Waals surface area contributed by atoms with Gasteiger partial charge in [-0.25, -0.2) is 4.79 Å². The summed E-state index contributed by atoms with van der Waals surface area (Å²) in [6, 6.07) is 0. The number of aliphatic carboxylic acids is 1. The molecule has 0 radical (unpaired) electrons. The van der Waals surface area contributed by atoms with E-state index < -0.39 is 5.97 Å². The quantitative estimate of drug-likeness (QED) is 0.553. The first-order valence-corrected chi connectivity index (χ1v) is 5.08. The van der Waals surface area contributed by atoms with Gasteiger partial charge in [0, 0.05) is 25.1 Å². The molecule has 1 aliphatic heterocycles. The van der Waals surface area contributed by atoms with Gasteiger partial charge < -0.3 is 15.2 Å². The van der Waals surface area contributed by atoms with Crippen LogP contribution in [-0.2, 0) is 14.3 Å². The van der Waals surface area contributed by atoms with Crippen molar-refractivity contribution in [2.24, 2.45) is 5.92 Å². The minimum absolute atomic E-state index is 0.318. The molecule has 2 N–H and O–H groups in total. The second kappa shape index (κ2) is 7.00. The molecule has 1 heterocycles. The number of hydrogen-bond acceptors (Lipinski definition) is 4. The lowest BCUT2D eigenvalue weighted by Crippen LogP contribution is -2.40. The molecular formula is C11H19NO4. The van der Waals surface area contributed by atoms with Gasteiger partial charge in [-0.15, -0.1) is 0 Å². The Balaban J connectivity index is 0.000000293. The standard InChI is InChI=1S/C6H9NO2.C5H10O2/c8-6(9)2-1-5-3-7-4-5;1-5(2,3)7-4-6/h1-2,5,7H,3-4H2,(H,8,9);4H,1-3H3/b2-1+;. The van der Waals surface area contributed by atoms with Crippen molar-refractivity contribution >= 4 is 12.4 Å². The van der Waals surface area contributed by atoms with Crippen LogP contribution < -0.4 is 5.32 Å². The number of carboxylic acid groups (broad SMARTS) is 1. The molecule has 5 heteroatoms. The number of carbonyl (C=O) groups is 2. The van der Waals surface area contributed by atoms with Crippen molar-refractivity contribution < 1.29 is 19.4 Å². The minimum Gasteiger partial charge on any atom is -0.478 e. The molecule has 0 atom stereocenters. The monoisotopic (exact) mass is 229 g/mol. The number of ether oxygens (including phenoxy) is 1. The topological polar surface area (TPSA) is 75.6 Å². The van der Waals surface area contributed by atoms with Crippen molar-refractivity contribution in [1.29, 1.82) is 0 Å². The van der Waals surface area contributed by atoms with Gasteiger partial charge in [0.15, 0.2) is 0 Å². The SMILES string of the molecule is CC(C)(C)OC=O.O=C(O)/C=C/C1CNC1. The molecule has 1 aliphatic rings. The fraction of sp³-hybridized carbons (Fsp3) is 0.636. The number of rotatable bonds is 3. The second-order valence-corrected chi connectivity index (χ2v) is 4.44. The van der Waals surface area contributed by atoms with E-state index in [-0.39, 0.29) is 5.60 Å². The molecule has 16 heavy (non-hydrogen) atoms. The Morgan fingerprint density at radius 3 is 2.19 bits per heavy atom. The molecule has 0 aliphatic carbocycles. The Morgan fingerprint density at radius 2 is 2.00 bits per heavy atom. The van der Waals surface area contributed by atoms with E-state index in [0.717, 1.165) is 13.1 Å². The highest BCUT2D eigenvalue weighted by Crippen LogP contribution is 2.03. The highest BCUT2D eigenvalue weighted by Gasteiger charge is 2.12. The fourth-order valence-electron chi connectivity index (χ4n) is 0.810. The van der Waals surface area contributed by atoms with Crippen molar-refractivity contribution in [1.82, 2.24) is 5.32 Å². The molecular weight excluding hydrogens is 210 g/mol. The molecule has 0 saturated carbocycles. The van der Waals surface area contributed by atoms with E-state index in [1.165, 1.54) is 6.08 Å². The molecule has 0 aromatic rings. The molecule has 0 aromatic heterocycles. The van der Waals surface area contributed by atoms with Crippen LogP contribution in [0.5, 0.6) is 0 Å². The lowest BCUT2D eigenvalue weighted by atomic mass is 10.0. The summed E-state index contributed by atoms with van der Waals surface area (Å²) in [5.41, 5.74) is -0.318. The first-order chi connectivity index (χ1) is 7.35. The summed E-state index contributed by atoms with van der Waals surface area (Å²) in [5.74, 6) is -0.414. The van der Waals surface area contributed by atoms with E-state index in [2.05, 4.69) is 10.1 Å². The summed E-state index contributed by atoms with van der Waals surface area (Å²) >= 11 is 0. The van der Waals surface area contributed by atoms with Gasteiger partial charge in [0.2, 0.25) is 0 Å². The molecule has 0 spiro atoms. The maximum atomic E-state index is 9.94. The fourth-order valence-corrected chi connectivity index (χ4v) is 0.810. The first kappa shape index (κ1) is 14.6. The van der Waals surface area contributed by atoms with Gasteiger partial charge in [-0.1, -0.05) is 6.08 Å². The largest absolute Gasteiger partial charge is 0.478 e. The summed E-state index contributed by atoms with van der Waals surface area (Å²) in [7, 11) is 0. The summed E-state index contributed by atoms with van der Waals surface area (Å²) in [6.45, 7) is 7.76. The molecule has 0 bridgehead atoms. The summed E-state index contributed by atoms with van der Waals surface area (Å²) in [4.78, 5) is 19.5. The van der Waals surface area contributed by atoms with E-state index in [0.29, 0.717) is 12.4 Å². The number of nitrogens with one attached hydrogen (secondary N) is 1. The Kier molecular flexibility index (Phi) is 6.41. The molecule has 1 rings (SSSR count). The number of carbonyl (C=O) groups excluding carboxylic acids is 1. The van der Waals surface area contributed by atoms with Crippen LogP contribution in [-0.4, -0.2) is 36.2 Å².